The summed E-state index contributed by atoms with van der Waals surface area (Å²) in [4.78, 5) is 1.31. The van der Waals surface area contributed by atoms with E-state index in [0.29, 0.717) is 0 Å². The van der Waals surface area contributed by atoms with Crippen LogP contribution in [0.2, 0.25) is 0 Å². The molecule has 0 fully saturated rings. The summed E-state index contributed by atoms with van der Waals surface area (Å²) in [5, 5.41) is 12.9. The number of aromatic nitrogens is 4. The average molecular weight is 399 g/mol. The van der Waals surface area contributed by atoms with Crippen LogP contribution in [0.5, 0.6) is 0 Å². The highest BCUT2D eigenvalue weighted by molar-refractivity contribution is 5.40. The molecule has 5 nitrogen and oxygen atoms in total. The molecule has 0 radical (unpaired) electrons. The van der Waals surface area contributed by atoms with Crippen molar-refractivity contribution in [2.45, 2.75) is 32.9 Å². The fourth-order valence-electron chi connectivity index (χ4n) is 3.96. The number of tetrazole rings is 1. The van der Waals surface area contributed by atoms with Gasteiger partial charge in [0, 0.05) is 11.1 Å². The standard InChI is InChI=1S/C25H27N5/c1-4-20-14-16-21(17-15-20)18-29(3)24(22-11-6-5-7-12-22)25-26-27-28-30(25)23-13-9-8-10-19(23)2/h5-17,24H,4,18H2,1-3H3/p+1/t24-/m1/s1. The Balaban J connectivity index is 1.73. The van der Waals surface area contributed by atoms with Crippen LogP contribution in [0, 0.1) is 6.92 Å². The van der Waals surface area contributed by atoms with Crippen LogP contribution >= 0.6 is 0 Å². The summed E-state index contributed by atoms with van der Waals surface area (Å²) in [7, 11) is 2.21. The summed E-state index contributed by atoms with van der Waals surface area (Å²) in [5.41, 5.74) is 6.02. The van der Waals surface area contributed by atoms with E-state index in [1.54, 1.807) is 0 Å². The van der Waals surface area contributed by atoms with Gasteiger partial charge in [-0.1, -0.05) is 79.7 Å². The molecule has 0 amide bonds. The number of hydrogen-bond acceptors (Lipinski definition) is 3. The summed E-state index contributed by atoms with van der Waals surface area (Å²) in [6.45, 7) is 5.15. The fourth-order valence-corrected chi connectivity index (χ4v) is 3.96. The van der Waals surface area contributed by atoms with Gasteiger partial charge in [-0.25, -0.2) is 0 Å². The molecule has 0 saturated heterocycles. The second-order valence-electron chi connectivity index (χ2n) is 7.77. The van der Waals surface area contributed by atoms with Crippen LogP contribution in [0.4, 0.5) is 0 Å². The number of benzene rings is 3. The molecule has 0 aliphatic rings. The lowest BCUT2D eigenvalue weighted by Gasteiger charge is -2.25. The highest BCUT2D eigenvalue weighted by atomic mass is 15.6. The van der Waals surface area contributed by atoms with Gasteiger partial charge in [-0.3, -0.25) is 0 Å². The molecule has 1 N–H and O–H groups in total. The molecule has 0 spiro atoms. The third kappa shape index (κ3) is 4.16. The normalized spacial score (nSPS) is 13.2. The zero-order valence-electron chi connectivity index (χ0n) is 17.8. The lowest BCUT2D eigenvalue weighted by molar-refractivity contribution is -0.920. The van der Waals surface area contributed by atoms with Gasteiger partial charge in [0.25, 0.3) is 0 Å². The molecular weight excluding hydrogens is 370 g/mol. The first kappa shape index (κ1) is 20.0. The Kier molecular flexibility index (Phi) is 6.00. The molecule has 2 atom stereocenters. The predicted octanol–water partition coefficient (Wildman–Crippen LogP) is 3.34. The second-order valence-corrected chi connectivity index (χ2v) is 7.77. The molecule has 0 bridgehead atoms. The van der Waals surface area contributed by atoms with E-state index < -0.39 is 0 Å². The van der Waals surface area contributed by atoms with Crippen LogP contribution in [-0.2, 0) is 13.0 Å². The first-order valence-electron chi connectivity index (χ1n) is 10.5. The van der Waals surface area contributed by atoms with Crippen molar-refractivity contribution in [3.8, 4) is 5.69 Å². The maximum absolute atomic E-state index is 4.48. The van der Waals surface area contributed by atoms with Crippen LogP contribution in [0.3, 0.4) is 0 Å². The van der Waals surface area contributed by atoms with E-state index in [1.165, 1.54) is 21.6 Å². The second kappa shape index (κ2) is 9.01. The van der Waals surface area contributed by atoms with Gasteiger partial charge >= 0.3 is 0 Å². The van der Waals surface area contributed by atoms with Gasteiger partial charge < -0.3 is 4.90 Å². The third-order valence-electron chi connectivity index (χ3n) is 5.64. The minimum Gasteiger partial charge on any atom is -0.321 e. The summed E-state index contributed by atoms with van der Waals surface area (Å²) < 4.78 is 1.89. The number of para-hydroxylation sites is 1. The van der Waals surface area contributed by atoms with Crippen molar-refractivity contribution < 1.29 is 4.90 Å². The molecule has 1 aromatic heterocycles. The first-order chi connectivity index (χ1) is 14.7. The molecule has 5 heteroatoms. The number of rotatable bonds is 7. The Bertz CT molecular complexity index is 1090. The van der Waals surface area contributed by atoms with Crippen molar-refractivity contribution in [2.75, 3.05) is 7.05 Å². The van der Waals surface area contributed by atoms with Crippen molar-refractivity contribution in [1.82, 2.24) is 20.2 Å². The molecule has 152 valence electrons. The van der Waals surface area contributed by atoms with Crippen LogP contribution in [0.1, 0.15) is 41.0 Å². The molecule has 0 saturated carbocycles. The van der Waals surface area contributed by atoms with E-state index in [0.717, 1.165) is 30.0 Å². The van der Waals surface area contributed by atoms with Crippen LogP contribution in [-0.4, -0.2) is 27.3 Å². The minimum atomic E-state index is 0.00616. The maximum atomic E-state index is 4.48. The average Bonchev–Trinajstić information content (AvgIpc) is 3.24. The number of aryl methyl sites for hydroxylation is 2. The maximum Gasteiger partial charge on any atom is 0.218 e. The van der Waals surface area contributed by atoms with Gasteiger partial charge in [-0.2, -0.15) is 4.68 Å². The Hall–Kier alpha value is -3.31. The highest BCUT2D eigenvalue weighted by Gasteiger charge is 2.30. The third-order valence-corrected chi connectivity index (χ3v) is 5.64. The molecule has 3 aromatic carbocycles. The summed E-state index contributed by atoms with van der Waals surface area (Å²) in [6, 6.07) is 27.6. The molecule has 30 heavy (non-hydrogen) atoms. The van der Waals surface area contributed by atoms with Crippen molar-refractivity contribution in [3.05, 3.63) is 107 Å². The van der Waals surface area contributed by atoms with Gasteiger partial charge in [-0.05, 0) is 41.0 Å². The van der Waals surface area contributed by atoms with Crippen LogP contribution in [0.25, 0.3) is 5.69 Å². The topological polar surface area (TPSA) is 48.0 Å². The molecular formula is C25H28N5+. The lowest BCUT2D eigenvalue weighted by Crippen LogP contribution is -3.08. The summed E-state index contributed by atoms with van der Waals surface area (Å²) >= 11 is 0. The monoisotopic (exact) mass is 398 g/mol. The summed E-state index contributed by atoms with van der Waals surface area (Å²) in [5.74, 6) is 0.846. The van der Waals surface area contributed by atoms with E-state index in [1.807, 2.05) is 22.9 Å². The van der Waals surface area contributed by atoms with Crippen molar-refractivity contribution in [2.24, 2.45) is 0 Å². The Morgan fingerprint density at radius 2 is 1.53 bits per heavy atom. The zero-order valence-corrected chi connectivity index (χ0v) is 17.8. The summed E-state index contributed by atoms with van der Waals surface area (Å²) in [6.07, 6.45) is 1.06. The van der Waals surface area contributed by atoms with Gasteiger partial charge in [-0.15, -0.1) is 5.10 Å². The number of nitrogens with one attached hydrogen (secondary N) is 1. The fraction of sp³-hybridized carbons (Fsp3) is 0.240. The SMILES string of the molecule is CCc1ccc(C[NH+](C)[C@H](c2ccccc2)c2nnnn2-c2ccccc2C)cc1. The van der Waals surface area contributed by atoms with Crippen molar-refractivity contribution in [1.29, 1.82) is 0 Å². The molecule has 1 unspecified atom stereocenters. The van der Waals surface area contributed by atoms with Gasteiger partial charge in [0.05, 0.1) is 12.7 Å². The number of quaternary nitrogens is 1. The molecule has 0 aliphatic carbocycles. The molecule has 4 aromatic rings. The molecule has 4 rings (SSSR count). The van der Waals surface area contributed by atoms with Crippen LogP contribution in [0.15, 0.2) is 78.9 Å². The zero-order chi connectivity index (χ0) is 20.9. The Morgan fingerprint density at radius 3 is 2.23 bits per heavy atom. The van der Waals surface area contributed by atoms with Gasteiger partial charge in [0.1, 0.15) is 6.54 Å². The number of hydrogen-bond donors (Lipinski definition) is 1. The first-order valence-corrected chi connectivity index (χ1v) is 10.5. The van der Waals surface area contributed by atoms with Gasteiger partial charge in [0.15, 0.2) is 6.04 Å². The predicted molar refractivity (Wildman–Crippen MR) is 119 cm³/mol. The van der Waals surface area contributed by atoms with E-state index >= 15 is 0 Å². The van der Waals surface area contributed by atoms with E-state index in [2.05, 4.69) is 97.1 Å². The van der Waals surface area contributed by atoms with Crippen LogP contribution < -0.4 is 4.90 Å². The quantitative estimate of drug-likeness (QED) is 0.519. The van der Waals surface area contributed by atoms with Crippen molar-refractivity contribution in [3.63, 3.8) is 0 Å². The minimum absolute atomic E-state index is 0.00616. The number of nitrogens with zero attached hydrogens (tertiary/aromatic N) is 4. The largest absolute Gasteiger partial charge is 0.321 e. The Morgan fingerprint density at radius 1 is 0.867 bits per heavy atom. The van der Waals surface area contributed by atoms with E-state index in [4.69, 9.17) is 0 Å². The lowest BCUT2D eigenvalue weighted by atomic mass is 10.0. The van der Waals surface area contributed by atoms with E-state index in [-0.39, 0.29) is 6.04 Å². The van der Waals surface area contributed by atoms with Gasteiger partial charge in [0.2, 0.25) is 5.82 Å². The molecule has 1 heterocycles. The highest BCUT2D eigenvalue weighted by Crippen LogP contribution is 2.21. The van der Waals surface area contributed by atoms with E-state index in [9.17, 15) is 0 Å². The smallest absolute Gasteiger partial charge is 0.218 e. The molecule has 0 aliphatic heterocycles. The Labute approximate surface area is 178 Å². The van der Waals surface area contributed by atoms with Crippen molar-refractivity contribution >= 4 is 0 Å².